The molecule has 0 aromatic heterocycles. The zero-order valence-electron chi connectivity index (χ0n) is 11.3. The van der Waals surface area contributed by atoms with Crippen molar-refractivity contribution in [3.8, 4) is 0 Å². The molecule has 0 spiro atoms. The fraction of sp³-hybridized carbons (Fsp3) is 0.917. The van der Waals surface area contributed by atoms with Crippen LogP contribution in [0.4, 0.5) is 0 Å². The number of carbonyl (C=O) groups excluding carboxylic acids is 1. The average molecular weight is 261 g/mol. The van der Waals surface area contributed by atoms with Crippen LogP contribution in [0.1, 0.15) is 27.7 Å². The van der Waals surface area contributed by atoms with Crippen LogP contribution in [0, 0.1) is 5.41 Å². The molecular weight excluding hydrogens is 238 g/mol. The lowest BCUT2D eigenvalue weighted by atomic mass is 9.78. The van der Waals surface area contributed by atoms with Crippen LogP contribution in [-0.2, 0) is 9.53 Å². The second-order valence-electron chi connectivity index (χ2n) is 5.85. The molecule has 6 nitrogen and oxygen atoms in total. The van der Waals surface area contributed by atoms with E-state index in [0.29, 0.717) is 0 Å². The minimum absolute atomic E-state index is 0.299. The minimum Gasteiger partial charge on any atom is -0.394 e. The van der Waals surface area contributed by atoms with Crippen molar-refractivity contribution >= 4 is 5.91 Å². The van der Waals surface area contributed by atoms with E-state index in [2.05, 4.69) is 5.32 Å². The molecule has 5 unspecified atom stereocenters. The van der Waals surface area contributed by atoms with Gasteiger partial charge in [0.05, 0.1) is 18.8 Å². The number of hydrogen-bond acceptors (Lipinski definition) is 5. The molecule has 0 aromatic rings. The van der Waals surface area contributed by atoms with Gasteiger partial charge in [-0.1, -0.05) is 20.8 Å². The number of aliphatic hydroxyl groups is 3. The Morgan fingerprint density at radius 1 is 1.28 bits per heavy atom. The highest BCUT2D eigenvalue weighted by atomic mass is 16.5. The fourth-order valence-corrected chi connectivity index (χ4v) is 2.25. The zero-order chi connectivity index (χ0) is 14.1. The van der Waals surface area contributed by atoms with Crippen molar-refractivity contribution in [3.63, 3.8) is 0 Å². The van der Waals surface area contributed by atoms with Crippen molar-refractivity contribution in [1.82, 2.24) is 5.32 Å². The Kier molecular flexibility index (Phi) is 4.72. The van der Waals surface area contributed by atoms with Gasteiger partial charge in [0.1, 0.15) is 18.3 Å². The standard InChI is InChI=1S/C12H23NO5/c1-6(15)13-8-10(17)9(16)7(5-14)18-11(8)12(2,3)4/h7-11,14,16-17H,5H2,1-4H3,(H,13,15). The van der Waals surface area contributed by atoms with E-state index < -0.39 is 30.5 Å². The highest BCUT2D eigenvalue weighted by Gasteiger charge is 2.48. The van der Waals surface area contributed by atoms with Crippen LogP contribution in [0.5, 0.6) is 0 Å². The smallest absolute Gasteiger partial charge is 0.217 e. The van der Waals surface area contributed by atoms with E-state index >= 15 is 0 Å². The number of amides is 1. The molecule has 1 aliphatic rings. The highest BCUT2D eigenvalue weighted by Crippen LogP contribution is 2.32. The SMILES string of the molecule is CC(=O)NC1C(O)C(O)C(CO)OC1C(C)(C)C. The van der Waals surface area contributed by atoms with Crippen molar-refractivity contribution in [2.45, 2.75) is 58.2 Å². The molecule has 18 heavy (non-hydrogen) atoms. The first-order valence-electron chi connectivity index (χ1n) is 6.08. The van der Waals surface area contributed by atoms with E-state index in [0.717, 1.165) is 0 Å². The zero-order valence-corrected chi connectivity index (χ0v) is 11.3. The molecule has 4 N–H and O–H groups in total. The summed E-state index contributed by atoms with van der Waals surface area (Å²) in [5, 5.41) is 31.6. The Hall–Kier alpha value is -0.690. The molecule has 5 atom stereocenters. The first kappa shape index (κ1) is 15.4. The summed E-state index contributed by atoms with van der Waals surface area (Å²) < 4.78 is 5.62. The number of aliphatic hydroxyl groups excluding tert-OH is 3. The molecule has 1 aliphatic heterocycles. The van der Waals surface area contributed by atoms with Gasteiger partial charge >= 0.3 is 0 Å². The lowest BCUT2D eigenvalue weighted by molar-refractivity contribution is -0.216. The quantitative estimate of drug-likeness (QED) is 0.512. The molecule has 1 heterocycles. The highest BCUT2D eigenvalue weighted by molar-refractivity contribution is 5.73. The van der Waals surface area contributed by atoms with E-state index in [4.69, 9.17) is 9.84 Å². The Labute approximate surface area is 107 Å². The Balaban J connectivity index is 2.98. The first-order valence-corrected chi connectivity index (χ1v) is 6.08. The van der Waals surface area contributed by atoms with Crippen molar-refractivity contribution in [2.24, 2.45) is 5.41 Å². The summed E-state index contributed by atoms with van der Waals surface area (Å²) in [4.78, 5) is 11.2. The summed E-state index contributed by atoms with van der Waals surface area (Å²) in [5.74, 6) is -0.299. The number of ether oxygens (including phenoxy) is 1. The summed E-state index contributed by atoms with van der Waals surface area (Å²) in [6.45, 7) is 6.69. The predicted octanol–water partition coefficient (Wildman–Crippen LogP) is -0.981. The number of carbonyl (C=O) groups is 1. The molecule has 0 aromatic carbocycles. The van der Waals surface area contributed by atoms with Crippen LogP contribution in [0.25, 0.3) is 0 Å². The third-order valence-electron chi connectivity index (χ3n) is 3.15. The molecule has 1 amide bonds. The first-order chi connectivity index (χ1) is 8.18. The Bertz CT molecular complexity index is 301. The van der Waals surface area contributed by atoms with Gasteiger partial charge in [0.25, 0.3) is 0 Å². The second-order valence-corrected chi connectivity index (χ2v) is 5.85. The van der Waals surface area contributed by atoms with Crippen LogP contribution in [0.15, 0.2) is 0 Å². The third kappa shape index (κ3) is 3.20. The molecule has 0 aliphatic carbocycles. The summed E-state index contributed by atoms with van der Waals surface area (Å²) in [6.07, 6.45) is -3.71. The van der Waals surface area contributed by atoms with Crippen molar-refractivity contribution in [2.75, 3.05) is 6.61 Å². The van der Waals surface area contributed by atoms with Gasteiger partial charge in [0.15, 0.2) is 0 Å². The van der Waals surface area contributed by atoms with Gasteiger partial charge < -0.3 is 25.4 Å². The lowest BCUT2D eigenvalue weighted by Crippen LogP contribution is -2.66. The largest absolute Gasteiger partial charge is 0.394 e. The summed E-state index contributed by atoms with van der Waals surface area (Å²) >= 11 is 0. The van der Waals surface area contributed by atoms with E-state index in [1.54, 1.807) is 0 Å². The predicted molar refractivity (Wildman–Crippen MR) is 64.8 cm³/mol. The summed E-state index contributed by atoms with van der Waals surface area (Å²) in [5.41, 5.74) is -0.346. The van der Waals surface area contributed by atoms with Crippen LogP contribution < -0.4 is 5.32 Å². The molecule has 0 radical (unpaired) electrons. The molecule has 1 rings (SSSR count). The average Bonchev–Trinajstić information content (AvgIpc) is 2.23. The molecule has 0 saturated carbocycles. The van der Waals surface area contributed by atoms with Gasteiger partial charge in [-0.3, -0.25) is 4.79 Å². The van der Waals surface area contributed by atoms with E-state index in [1.807, 2.05) is 20.8 Å². The lowest BCUT2D eigenvalue weighted by Gasteiger charge is -2.47. The van der Waals surface area contributed by atoms with Gasteiger partial charge in [-0.25, -0.2) is 0 Å². The number of hydrogen-bond donors (Lipinski definition) is 4. The van der Waals surface area contributed by atoms with Gasteiger partial charge in [0.2, 0.25) is 5.91 Å². The Morgan fingerprint density at radius 2 is 1.83 bits per heavy atom. The molecular formula is C12H23NO5. The number of nitrogens with one attached hydrogen (secondary N) is 1. The van der Waals surface area contributed by atoms with Crippen molar-refractivity contribution in [1.29, 1.82) is 0 Å². The molecule has 6 heteroatoms. The van der Waals surface area contributed by atoms with Crippen molar-refractivity contribution < 1.29 is 24.9 Å². The summed E-state index contributed by atoms with van der Waals surface area (Å²) in [7, 11) is 0. The summed E-state index contributed by atoms with van der Waals surface area (Å²) in [6, 6.07) is -0.694. The van der Waals surface area contributed by atoms with Crippen LogP contribution >= 0.6 is 0 Å². The fourth-order valence-electron chi connectivity index (χ4n) is 2.25. The van der Waals surface area contributed by atoms with Gasteiger partial charge in [0, 0.05) is 6.92 Å². The van der Waals surface area contributed by atoms with Crippen LogP contribution in [0.2, 0.25) is 0 Å². The maximum absolute atomic E-state index is 11.2. The van der Waals surface area contributed by atoms with E-state index in [-0.39, 0.29) is 17.9 Å². The minimum atomic E-state index is -1.22. The maximum atomic E-state index is 11.2. The van der Waals surface area contributed by atoms with E-state index in [1.165, 1.54) is 6.92 Å². The van der Waals surface area contributed by atoms with Gasteiger partial charge in [-0.15, -0.1) is 0 Å². The monoisotopic (exact) mass is 261 g/mol. The molecule has 106 valence electrons. The number of rotatable bonds is 2. The van der Waals surface area contributed by atoms with E-state index in [9.17, 15) is 15.0 Å². The molecule has 1 fully saturated rings. The Morgan fingerprint density at radius 3 is 2.22 bits per heavy atom. The normalized spacial score (nSPS) is 37.4. The second kappa shape index (κ2) is 5.52. The third-order valence-corrected chi connectivity index (χ3v) is 3.15. The maximum Gasteiger partial charge on any atom is 0.217 e. The van der Waals surface area contributed by atoms with Gasteiger partial charge in [-0.2, -0.15) is 0 Å². The molecule has 0 bridgehead atoms. The van der Waals surface area contributed by atoms with Crippen LogP contribution in [0.3, 0.4) is 0 Å². The topological polar surface area (TPSA) is 99.0 Å². The van der Waals surface area contributed by atoms with Gasteiger partial charge in [-0.05, 0) is 5.41 Å². The van der Waals surface area contributed by atoms with Crippen LogP contribution in [-0.4, -0.2) is 58.3 Å². The van der Waals surface area contributed by atoms with Crippen molar-refractivity contribution in [3.05, 3.63) is 0 Å². The molecule has 1 saturated heterocycles.